The lowest BCUT2D eigenvalue weighted by molar-refractivity contribution is -0.286. The number of anilines is 3. The highest BCUT2D eigenvalue weighted by atomic mass is 19.3. The number of hydrogen-bond acceptors (Lipinski definition) is 8. The van der Waals surface area contributed by atoms with Crippen molar-refractivity contribution in [1.29, 1.82) is 0 Å². The highest BCUT2D eigenvalue weighted by molar-refractivity contribution is 5.94. The first-order chi connectivity index (χ1) is 15.4. The van der Waals surface area contributed by atoms with Crippen LogP contribution in [0.5, 0.6) is 11.5 Å². The van der Waals surface area contributed by atoms with Gasteiger partial charge in [0.05, 0.1) is 30.1 Å². The van der Waals surface area contributed by atoms with Gasteiger partial charge in [-0.1, -0.05) is 0 Å². The van der Waals surface area contributed by atoms with Crippen LogP contribution in [0.2, 0.25) is 0 Å². The third kappa shape index (κ3) is 2.98. The van der Waals surface area contributed by atoms with E-state index in [1.165, 1.54) is 17.0 Å². The Hall–Kier alpha value is -3.67. The van der Waals surface area contributed by atoms with Crippen molar-refractivity contribution in [3.05, 3.63) is 30.1 Å². The second kappa shape index (κ2) is 6.66. The zero-order valence-electron chi connectivity index (χ0n) is 16.8. The number of amides is 1. The van der Waals surface area contributed by atoms with Crippen molar-refractivity contribution in [1.82, 2.24) is 19.9 Å². The smallest absolute Gasteiger partial charge is 0.395 e. The van der Waals surface area contributed by atoms with Gasteiger partial charge < -0.3 is 30.2 Å². The molecule has 1 amide bonds. The minimum Gasteiger partial charge on any atom is -0.395 e. The van der Waals surface area contributed by atoms with Gasteiger partial charge in [-0.25, -0.2) is 19.3 Å². The summed E-state index contributed by atoms with van der Waals surface area (Å²) < 4.78 is 44.3. The Morgan fingerprint density at radius 1 is 1.25 bits per heavy atom. The lowest BCUT2D eigenvalue weighted by Gasteiger charge is -2.36. The van der Waals surface area contributed by atoms with E-state index in [0.717, 1.165) is 12.8 Å². The number of rotatable bonds is 1. The van der Waals surface area contributed by atoms with Crippen LogP contribution in [0.25, 0.3) is 11.2 Å². The molecule has 2 atom stereocenters. The van der Waals surface area contributed by atoms with E-state index in [1.54, 1.807) is 19.2 Å². The molecule has 0 saturated heterocycles. The number of hydrogen-bond donors (Lipinski definition) is 3. The summed E-state index contributed by atoms with van der Waals surface area (Å²) in [5.41, 5.74) is 2.26. The number of halogens is 2. The van der Waals surface area contributed by atoms with Crippen molar-refractivity contribution in [2.24, 2.45) is 0 Å². The van der Waals surface area contributed by atoms with Gasteiger partial charge in [-0.05, 0) is 30.5 Å². The molecule has 2 aliphatic heterocycles. The predicted octanol–water partition coefficient (Wildman–Crippen LogP) is 3.16. The van der Waals surface area contributed by atoms with Gasteiger partial charge in [0.2, 0.25) is 0 Å². The fourth-order valence-corrected chi connectivity index (χ4v) is 4.08. The van der Waals surface area contributed by atoms with E-state index in [2.05, 4.69) is 30.7 Å². The Morgan fingerprint density at radius 2 is 2.12 bits per heavy atom. The molecule has 10 nitrogen and oxygen atoms in total. The topological polar surface area (TPSA) is 112 Å². The van der Waals surface area contributed by atoms with E-state index in [-0.39, 0.29) is 42.0 Å². The third-order valence-corrected chi connectivity index (χ3v) is 5.80. The molecule has 32 heavy (non-hydrogen) atoms. The largest absolute Gasteiger partial charge is 0.586 e. The maximum Gasteiger partial charge on any atom is 0.586 e. The first kappa shape index (κ1) is 19.0. The molecule has 12 heteroatoms. The molecule has 4 heterocycles. The Kier molecular flexibility index (Phi) is 3.97. The summed E-state index contributed by atoms with van der Waals surface area (Å²) in [5, 5.41) is 9.00. The summed E-state index contributed by atoms with van der Waals surface area (Å²) in [7, 11) is 1.71. The van der Waals surface area contributed by atoms with E-state index >= 15 is 0 Å². The highest BCUT2D eigenvalue weighted by Gasteiger charge is 2.45. The molecule has 3 aromatic rings. The van der Waals surface area contributed by atoms with E-state index in [4.69, 9.17) is 9.47 Å². The maximum atomic E-state index is 13.8. The summed E-state index contributed by atoms with van der Waals surface area (Å²) in [6.45, 7) is 0.151. The fourth-order valence-electron chi connectivity index (χ4n) is 4.08. The summed E-state index contributed by atoms with van der Waals surface area (Å²) in [5.74, 6) is 0.0738. The number of nitrogens with zero attached hydrogens (tertiary/aromatic N) is 3. The molecule has 3 aliphatic rings. The minimum absolute atomic E-state index is 0.0934. The zero-order valence-corrected chi connectivity index (χ0v) is 16.8. The van der Waals surface area contributed by atoms with Gasteiger partial charge in [0, 0.05) is 13.1 Å². The van der Waals surface area contributed by atoms with E-state index in [0.29, 0.717) is 28.2 Å². The van der Waals surface area contributed by atoms with Gasteiger partial charge in [-0.15, -0.1) is 8.78 Å². The second-order valence-electron chi connectivity index (χ2n) is 7.84. The summed E-state index contributed by atoms with van der Waals surface area (Å²) in [6, 6.07) is 4.24. The molecule has 6 rings (SSSR count). The van der Waals surface area contributed by atoms with Crippen LogP contribution in [0.4, 0.5) is 30.8 Å². The standard InChI is InChI=1S/C20H18F2N6O4/c1-23-11-6-15-25-12-4-9(5-14-17(12)32-20(21,22)31-14)7-30-13-3-2-10(13)26-19(29)28-8-24-16(11)18(28)27-15/h4-6,8,10,13H,2-3,7H2,1H3,(H,26,29)(H2,23,25,27)/t10-,13-/m1/s1. The second-order valence-corrected chi connectivity index (χ2v) is 7.84. The van der Waals surface area contributed by atoms with Gasteiger partial charge >= 0.3 is 12.3 Å². The summed E-state index contributed by atoms with van der Waals surface area (Å²) >= 11 is 0. The van der Waals surface area contributed by atoms with Gasteiger partial charge in [-0.2, -0.15) is 0 Å². The van der Waals surface area contributed by atoms with E-state index in [1.807, 2.05) is 0 Å². The molecular formula is C20H18F2N6O4. The molecule has 1 aliphatic carbocycles. The highest BCUT2D eigenvalue weighted by Crippen LogP contribution is 2.48. The number of carbonyl (C=O) groups excluding carboxylic acids is 1. The van der Waals surface area contributed by atoms with Crippen molar-refractivity contribution in [2.45, 2.75) is 37.9 Å². The number of nitrogens with one attached hydrogen (secondary N) is 3. The average molecular weight is 444 g/mol. The van der Waals surface area contributed by atoms with Gasteiger partial charge in [-0.3, -0.25) is 0 Å². The van der Waals surface area contributed by atoms with Gasteiger partial charge in [0.15, 0.2) is 17.1 Å². The Balaban J connectivity index is 1.52. The minimum atomic E-state index is -3.78. The lowest BCUT2D eigenvalue weighted by Crippen LogP contribution is -2.52. The molecule has 0 spiro atoms. The van der Waals surface area contributed by atoms with Crippen LogP contribution in [0.3, 0.4) is 0 Å². The molecule has 166 valence electrons. The van der Waals surface area contributed by atoms with Gasteiger partial charge in [0.25, 0.3) is 0 Å². The van der Waals surface area contributed by atoms with Crippen molar-refractivity contribution in [3.63, 3.8) is 0 Å². The predicted molar refractivity (Wildman–Crippen MR) is 109 cm³/mol. The monoisotopic (exact) mass is 444 g/mol. The third-order valence-electron chi connectivity index (χ3n) is 5.80. The summed E-state index contributed by atoms with van der Waals surface area (Å²) in [6.07, 6.45) is -1.04. The number of benzene rings is 1. The molecule has 1 aromatic carbocycles. The Labute approximate surface area is 179 Å². The van der Waals surface area contributed by atoms with Crippen LogP contribution < -0.4 is 25.4 Å². The first-order valence-electron chi connectivity index (χ1n) is 10.1. The Morgan fingerprint density at radius 3 is 2.91 bits per heavy atom. The van der Waals surface area contributed by atoms with Crippen LogP contribution >= 0.6 is 0 Å². The first-order valence-corrected chi connectivity index (χ1v) is 10.1. The average Bonchev–Trinajstić information content (AvgIpc) is 3.29. The molecule has 1 fully saturated rings. The molecular weight excluding hydrogens is 426 g/mol. The molecule has 1 saturated carbocycles. The number of fused-ring (bicyclic) bond motifs is 6. The van der Waals surface area contributed by atoms with Crippen molar-refractivity contribution in [2.75, 3.05) is 17.7 Å². The van der Waals surface area contributed by atoms with Crippen molar-refractivity contribution >= 4 is 34.4 Å². The molecule has 3 N–H and O–H groups in total. The number of alkyl halides is 2. The van der Waals surface area contributed by atoms with E-state index in [9.17, 15) is 13.6 Å². The zero-order chi connectivity index (χ0) is 22.0. The molecule has 4 bridgehead atoms. The molecule has 0 unspecified atom stereocenters. The SMILES string of the molecule is CNc1cc2nc3c1ncn3C(=O)N[C@@H]1CC[C@H]1OCc1cc(c3c(c1)OC(F)(F)O3)N2. The maximum absolute atomic E-state index is 13.8. The van der Waals surface area contributed by atoms with Crippen LogP contribution in [0.1, 0.15) is 18.4 Å². The van der Waals surface area contributed by atoms with Crippen molar-refractivity contribution < 1.29 is 27.8 Å². The Bertz CT molecular complexity index is 1260. The number of ether oxygens (including phenoxy) is 3. The van der Waals surface area contributed by atoms with Crippen molar-refractivity contribution in [3.8, 4) is 11.5 Å². The molecule has 0 radical (unpaired) electrons. The van der Waals surface area contributed by atoms with Crippen LogP contribution in [0, 0.1) is 0 Å². The fraction of sp³-hybridized carbons (Fsp3) is 0.350. The van der Waals surface area contributed by atoms with E-state index < -0.39 is 6.29 Å². The summed E-state index contributed by atoms with van der Waals surface area (Å²) in [4.78, 5) is 21.7. The number of aromatic nitrogens is 3. The quantitative estimate of drug-likeness (QED) is 0.525. The van der Waals surface area contributed by atoms with Gasteiger partial charge in [0.1, 0.15) is 17.7 Å². The van der Waals surface area contributed by atoms with Crippen LogP contribution in [-0.2, 0) is 11.3 Å². The normalized spacial score (nSPS) is 23.0. The van der Waals surface area contributed by atoms with Crippen LogP contribution in [0.15, 0.2) is 24.5 Å². The molecule has 2 aromatic heterocycles. The van der Waals surface area contributed by atoms with Crippen LogP contribution in [-0.4, -0.2) is 46.1 Å². The lowest BCUT2D eigenvalue weighted by atomic mass is 9.89. The number of imidazole rings is 1. The number of pyridine rings is 1. The number of carbonyl (C=O) groups is 1.